The molecule has 0 bridgehead atoms. The number of pyridine rings is 1. The van der Waals surface area contributed by atoms with Gasteiger partial charge in [0.2, 0.25) is 5.89 Å². The first-order valence-corrected chi connectivity index (χ1v) is 15.7. The number of oxazole rings is 1. The molecule has 220 valence electrons. The molecule has 0 N–H and O–H groups in total. The molecule has 0 amide bonds. The van der Waals surface area contributed by atoms with Crippen molar-refractivity contribution in [1.29, 1.82) is 0 Å². The predicted molar refractivity (Wildman–Crippen MR) is 192 cm³/mol. The molecule has 0 saturated heterocycles. The third-order valence-electron chi connectivity index (χ3n) is 9.12. The smallest absolute Gasteiger partial charge is 0.228 e. The number of nitrogens with zero attached hydrogens (tertiary/aromatic N) is 3. The van der Waals surface area contributed by atoms with Gasteiger partial charge in [-0.05, 0) is 80.8 Å². The van der Waals surface area contributed by atoms with Crippen LogP contribution in [0.5, 0.6) is 0 Å². The second kappa shape index (κ2) is 10.0. The fraction of sp³-hybridized carbons (Fsp3) is 0. The van der Waals surface area contributed by atoms with Gasteiger partial charge in [-0.1, -0.05) is 91.0 Å². The summed E-state index contributed by atoms with van der Waals surface area (Å²) < 4.78 is 12.6. The van der Waals surface area contributed by atoms with Crippen molar-refractivity contribution >= 4 is 82.5 Å². The molecule has 0 aliphatic rings. The van der Waals surface area contributed by atoms with Crippen molar-refractivity contribution in [2.24, 2.45) is 0 Å². The number of benzene rings is 7. The highest BCUT2D eigenvalue weighted by molar-refractivity contribution is 6.18. The van der Waals surface area contributed by atoms with Gasteiger partial charge >= 0.3 is 0 Å². The molecule has 5 heteroatoms. The van der Waals surface area contributed by atoms with E-state index in [1.165, 1.54) is 32.3 Å². The molecule has 0 atom stereocenters. The van der Waals surface area contributed by atoms with Crippen molar-refractivity contribution in [3.63, 3.8) is 0 Å². The number of para-hydroxylation sites is 3. The molecule has 0 aliphatic heterocycles. The van der Waals surface area contributed by atoms with Crippen molar-refractivity contribution in [2.45, 2.75) is 0 Å². The molecule has 7 aromatic carbocycles. The molecule has 3 aromatic heterocycles. The minimum absolute atomic E-state index is 0.561. The van der Waals surface area contributed by atoms with Crippen LogP contribution in [0.1, 0.15) is 0 Å². The Hall–Kier alpha value is -6.46. The van der Waals surface area contributed by atoms with E-state index in [-0.39, 0.29) is 0 Å². The largest absolute Gasteiger partial charge is 0.456 e. The molecule has 5 nitrogen and oxygen atoms in total. The molecule has 10 rings (SSSR count). The van der Waals surface area contributed by atoms with Gasteiger partial charge in [0.1, 0.15) is 22.5 Å². The van der Waals surface area contributed by atoms with Crippen molar-refractivity contribution < 1.29 is 8.83 Å². The first kappa shape index (κ1) is 25.8. The normalized spacial score (nSPS) is 11.8. The second-order valence-electron chi connectivity index (χ2n) is 11.8. The van der Waals surface area contributed by atoms with Gasteiger partial charge in [0.15, 0.2) is 5.58 Å². The van der Waals surface area contributed by atoms with Crippen LogP contribution in [0, 0.1) is 0 Å². The third-order valence-corrected chi connectivity index (χ3v) is 9.12. The van der Waals surface area contributed by atoms with Crippen LogP contribution in [-0.4, -0.2) is 9.97 Å². The summed E-state index contributed by atoms with van der Waals surface area (Å²) in [6.45, 7) is 0. The zero-order valence-corrected chi connectivity index (χ0v) is 25.1. The Morgan fingerprint density at radius 2 is 1.21 bits per heavy atom. The van der Waals surface area contributed by atoms with Crippen LogP contribution in [0.25, 0.3) is 76.8 Å². The van der Waals surface area contributed by atoms with E-state index in [1.807, 2.05) is 72.9 Å². The predicted octanol–water partition coefficient (Wildman–Crippen LogP) is 11.7. The average Bonchev–Trinajstić information content (AvgIpc) is 3.73. The quantitative estimate of drug-likeness (QED) is 0.187. The maximum Gasteiger partial charge on any atom is 0.228 e. The van der Waals surface area contributed by atoms with E-state index >= 15 is 0 Å². The molecule has 47 heavy (non-hydrogen) atoms. The fourth-order valence-electron chi connectivity index (χ4n) is 6.95. The van der Waals surface area contributed by atoms with Gasteiger partial charge < -0.3 is 8.83 Å². The summed E-state index contributed by atoms with van der Waals surface area (Å²) in [6.07, 6.45) is 1.90. The Balaban J connectivity index is 1.13. The fourth-order valence-corrected chi connectivity index (χ4v) is 6.95. The van der Waals surface area contributed by atoms with Crippen molar-refractivity contribution in [2.75, 3.05) is 4.90 Å². The molecule has 0 fully saturated rings. The molecular weight excluding hydrogens is 578 g/mol. The van der Waals surface area contributed by atoms with Crippen molar-refractivity contribution in [1.82, 2.24) is 9.97 Å². The van der Waals surface area contributed by atoms with E-state index in [0.29, 0.717) is 5.89 Å². The van der Waals surface area contributed by atoms with Crippen LogP contribution in [-0.2, 0) is 0 Å². The minimum atomic E-state index is 0.561. The van der Waals surface area contributed by atoms with Gasteiger partial charge in [-0.2, -0.15) is 0 Å². The molecule has 0 radical (unpaired) electrons. The van der Waals surface area contributed by atoms with Gasteiger partial charge in [-0.25, -0.2) is 9.97 Å². The first-order chi connectivity index (χ1) is 23.3. The molecule has 10 aromatic rings. The third kappa shape index (κ3) is 4.03. The lowest BCUT2D eigenvalue weighted by molar-refractivity contribution is 0.620. The highest BCUT2D eigenvalue weighted by Crippen LogP contribution is 2.41. The van der Waals surface area contributed by atoms with E-state index in [9.17, 15) is 0 Å². The number of rotatable bonds is 4. The number of hydrogen-bond acceptors (Lipinski definition) is 5. The summed E-state index contributed by atoms with van der Waals surface area (Å²) in [5.74, 6) is 1.32. The van der Waals surface area contributed by atoms with Crippen LogP contribution in [0.3, 0.4) is 0 Å². The van der Waals surface area contributed by atoms with Gasteiger partial charge in [-0.15, -0.1) is 0 Å². The Bertz CT molecular complexity index is 2780. The summed E-state index contributed by atoms with van der Waals surface area (Å²) in [5, 5.41) is 9.25. The minimum Gasteiger partial charge on any atom is -0.456 e. The zero-order valence-electron chi connectivity index (χ0n) is 25.1. The summed E-state index contributed by atoms with van der Waals surface area (Å²) in [5.41, 5.74) is 5.98. The molecule has 0 spiro atoms. The maximum atomic E-state index is 6.47. The highest BCUT2D eigenvalue weighted by atomic mass is 16.3. The van der Waals surface area contributed by atoms with E-state index in [4.69, 9.17) is 18.8 Å². The Morgan fingerprint density at radius 1 is 0.468 bits per heavy atom. The standard InChI is InChI=1S/C42H25N3O2/c1-2-10-28(11-3-1)45(29-19-22-31-27(23-29)18-21-32-30-12-5-4-9-26(30)17-20-33(31)32)40-24-39-35(25-43-40)41-34(13-8-16-38(41)46-39)42-44-36-14-6-7-15-37(36)47-42/h1-25H. The topological polar surface area (TPSA) is 55.3 Å². The van der Waals surface area contributed by atoms with Crippen molar-refractivity contribution in [3.05, 3.63) is 152 Å². The Kier molecular flexibility index (Phi) is 5.51. The SMILES string of the molecule is c1ccc(N(c2ccc3c(ccc4c5ccccc5ccc34)c2)c2cc3oc4cccc(-c5nc6ccccc6o5)c4c3cn2)cc1. The zero-order chi connectivity index (χ0) is 30.9. The lowest BCUT2D eigenvalue weighted by atomic mass is 9.97. The first-order valence-electron chi connectivity index (χ1n) is 15.7. The van der Waals surface area contributed by atoms with Gasteiger partial charge in [0, 0.05) is 40.0 Å². The van der Waals surface area contributed by atoms with Crippen molar-refractivity contribution in [3.8, 4) is 11.5 Å². The molecule has 0 aliphatic carbocycles. The number of hydrogen-bond donors (Lipinski definition) is 0. The highest BCUT2D eigenvalue weighted by Gasteiger charge is 2.20. The number of fused-ring (bicyclic) bond motifs is 9. The van der Waals surface area contributed by atoms with E-state index in [2.05, 4.69) is 83.8 Å². The van der Waals surface area contributed by atoms with Gasteiger partial charge in [0.25, 0.3) is 0 Å². The molecule has 0 unspecified atom stereocenters. The number of furan rings is 1. The van der Waals surface area contributed by atoms with Crippen LogP contribution in [0.4, 0.5) is 17.2 Å². The van der Waals surface area contributed by atoms with Crippen LogP contribution in [0.15, 0.2) is 161 Å². The van der Waals surface area contributed by atoms with Crippen LogP contribution < -0.4 is 4.90 Å². The van der Waals surface area contributed by atoms with Gasteiger partial charge in [-0.3, -0.25) is 4.90 Å². The molecular formula is C42H25N3O2. The number of aromatic nitrogens is 2. The molecule has 3 heterocycles. The molecule has 0 saturated carbocycles. The van der Waals surface area contributed by atoms with E-state index in [1.54, 1.807) is 0 Å². The number of anilines is 3. The van der Waals surface area contributed by atoms with Crippen LogP contribution >= 0.6 is 0 Å². The second-order valence-corrected chi connectivity index (χ2v) is 11.8. The summed E-state index contributed by atoms with van der Waals surface area (Å²) in [4.78, 5) is 12.0. The summed E-state index contributed by atoms with van der Waals surface area (Å²) >= 11 is 0. The monoisotopic (exact) mass is 603 g/mol. The summed E-state index contributed by atoms with van der Waals surface area (Å²) in [6, 6.07) is 50.3. The Morgan fingerprint density at radius 3 is 2.11 bits per heavy atom. The lowest BCUT2D eigenvalue weighted by Gasteiger charge is -2.24. The van der Waals surface area contributed by atoms with Gasteiger partial charge in [0.05, 0.1) is 0 Å². The Labute approximate surface area is 268 Å². The van der Waals surface area contributed by atoms with Crippen LogP contribution in [0.2, 0.25) is 0 Å². The summed E-state index contributed by atoms with van der Waals surface area (Å²) in [7, 11) is 0. The average molecular weight is 604 g/mol. The maximum absolute atomic E-state index is 6.47. The van der Waals surface area contributed by atoms with E-state index < -0.39 is 0 Å². The van der Waals surface area contributed by atoms with E-state index in [0.717, 1.165) is 55.8 Å². The lowest BCUT2D eigenvalue weighted by Crippen LogP contribution is -2.11.